The van der Waals surface area contributed by atoms with Gasteiger partial charge in [0.25, 0.3) is 5.91 Å². The summed E-state index contributed by atoms with van der Waals surface area (Å²) in [6, 6.07) is 8.74. The van der Waals surface area contributed by atoms with Crippen LogP contribution in [0.1, 0.15) is 21.7 Å². The number of nitrogens with one attached hydrogen (secondary N) is 1. The lowest BCUT2D eigenvalue weighted by atomic mass is 10.2. The third-order valence-electron chi connectivity index (χ3n) is 3.41. The fourth-order valence-corrected chi connectivity index (χ4v) is 2.58. The highest BCUT2D eigenvalue weighted by atomic mass is 35.5. The summed E-state index contributed by atoms with van der Waals surface area (Å²) in [5.74, 6) is 0.869. The Morgan fingerprint density at radius 2 is 2.13 bits per heavy atom. The molecular weight excluding hydrogens is 337 g/mol. The molecule has 0 saturated carbocycles. The number of benzene rings is 1. The highest BCUT2D eigenvalue weighted by Crippen LogP contribution is 2.26. The Labute approximate surface area is 142 Å². The van der Waals surface area contributed by atoms with E-state index < -0.39 is 0 Å². The van der Waals surface area contributed by atoms with Crippen LogP contribution in [0, 0.1) is 6.92 Å². The summed E-state index contributed by atoms with van der Waals surface area (Å²) in [4.78, 5) is 12.3. The zero-order valence-corrected chi connectivity index (χ0v) is 13.7. The lowest BCUT2D eigenvalue weighted by Crippen LogP contribution is -2.16. The molecule has 2 aromatic heterocycles. The second kappa shape index (κ2) is 6.48. The Kier molecular flexibility index (Phi) is 4.41. The van der Waals surface area contributed by atoms with Crippen molar-refractivity contribution in [3.8, 4) is 0 Å². The largest absolute Gasteiger partial charge is 0.469 e. The smallest absolute Gasteiger partial charge is 0.260 e. The van der Waals surface area contributed by atoms with Crippen molar-refractivity contribution in [3.05, 3.63) is 69.7 Å². The number of hydrogen-bond acceptors (Lipinski definition) is 3. The van der Waals surface area contributed by atoms with E-state index in [1.54, 1.807) is 36.0 Å². The molecule has 118 valence electrons. The number of aryl methyl sites for hydroxylation is 1. The first-order chi connectivity index (χ1) is 11.1. The predicted molar refractivity (Wildman–Crippen MR) is 89.2 cm³/mol. The molecule has 0 spiro atoms. The van der Waals surface area contributed by atoms with E-state index in [9.17, 15) is 4.79 Å². The standard InChI is InChI=1S/C16H13Cl2N3O2/c1-10-12(6-8-23-10)16(22)20-14-5-7-19-21(14)9-11-3-2-4-13(17)15(11)18/h2-8H,9H2,1H3,(H,20,22). The number of hydrogen-bond donors (Lipinski definition) is 1. The Balaban J connectivity index is 1.81. The SMILES string of the molecule is Cc1occc1C(=O)Nc1ccnn1Cc1cccc(Cl)c1Cl. The number of aromatic nitrogens is 2. The van der Waals surface area contributed by atoms with Gasteiger partial charge in [-0.3, -0.25) is 4.79 Å². The van der Waals surface area contributed by atoms with Crippen molar-refractivity contribution in [2.24, 2.45) is 0 Å². The molecule has 1 amide bonds. The van der Waals surface area contributed by atoms with Crippen LogP contribution in [-0.2, 0) is 6.54 Å². The maximum atomic E-state index is 12.3. The fraction of sp³-hybridized carbons (Fsp3) is 0.125. The summed E-state index contributed by atoms with van der Waals surface area (Å²) in [6.07, 6.45) is 3.09. The number of furan rings is 1. The summed E-state index contributed by atoms with van der Waals surface area (Å²) < 4.78 is 6.79. The van der Waals surface area contributed by atoms with E-state index in [2.05, 4.69) is 10.4 Å². The molecule has 0 fully saturated rings. The first-order valence-corrected chi connectivity index (χ1v) is 7.62. The van der Waals surface area contributed by atoms with Crippen molar-refractivity contribution in [2.75, 3.05) is 5.32 Å². The van der Waals surface area contributed by atoms with Crippen LogP contribution >= 0.6 is 23.2 Å². The normalized spacial score (nSPS) is 10.7. The molecular formula is C16H13Cl2N3O2. The van der Waals surface area contributed by atoms with Crippen LogP contribution in [0.15, 0.2) is 47.2 Å². The number of carbonyl (C=O) groups excluding carboxylic acids is 1. The summed E-state index contributed by atoms with van der Waals surface area (Å²) in [7, 11) is 0. The molecule has 0 aliphatic carbocycles. The first-order valence-electron chi connectivity index (χ1n) is 6.86. The molecule has 23 heavy (non-hydrogen) atoms. The zero-order valence-electron chi connectivity index (χ0n) is 12.2. The molecule has 0 aliphatic heterocycles. The van der Waals surface area contributed by atoms with Crippen LogP contribution in [0.5, 0.6) is 0 Å². The van der Waals surface area contributed by atoms with Gasteiger partial charge < -0.3 is 9.73 Å². The van der Waals surface area contributed by atoms with Crippen molar-refractivity contribution < 1.29 is 9.21 Å². The van der Waals surface area contributed by atoms with Gasteiger partial charge >= 0.3 is 0 Å². The lowest BCUT2D eigenvalue weighted by Gasteiger charge is -2.10. The summed E-state index contributed by atoms with van der Waals surface area (Å²) in [5.41, 5.74) is 1.30. The molecule has 3 aromatic rings. The van der Waals surface area contributed by atoms with E-state index >= 15 is 0 Å². The van der Waals surface area contributed by atoms with Gasteiger partial charge in [0.05, 0.1) is 34.6 Å². The number of nitrogens with zero attached hydrogens (tertiary/aromatic N) is 2. The van der Waals surface area contributed by atoms with Gasteiger partial charge in [0.1, 0.15) is 11.6 Å². The number of rotatable bonds is 4. The van der Waals surface area contributed by atoms with Gasteiger partial charge in [-0.05, 0) is 24.6 Å². The minimum Gasteiger partial charge on any atom is -0.469 e. The third-order valence-corrected chi connectivity index (χ3v) is 4.27. The van der Waals surface area contributed by atoms with Gasteiger partial charge in [-0.2, -0.15) is 5.10 Å². The van der Waals surface area contributed by atoms with E-state index in [-0.39, 0.29) is 5.91 Å². The van der Waals surface area contributed by atoms with Crippen LogP contribution in [0.2, 0.25) is 10.0 Å². The molecule has 0 radical (unpaired) electrons. The van der Waals surface area contributed by atoms with Gasteiger partial charge in [0.2, 0.25) is 0 Å². The quantitative estimate of drug-likeness (QED) is 0.759. The summed E-state index contributed by atoms with van der Waals surface area (Å²) in [5, 5.41) is 7.99. The number of carbonyl (C=O) groups is 1. The molecule has 0 aliphatic rings. The number of amides is 1. The van der Waals surface area contributed by atoms with E-state index in [0.717, 1.165) is 5.56 Å². The van der Waals surface area contributed by atoms with E-state index in [0.29, 0.717) is 33.7 Å². The number of halogens is 2. The van der Waals surface area contributed by atoms with Gasteiger partial charge in [-0.1, -0.05) is 35.3 Å². The third kappa shape index (κ3) is 3.25. The van der Waals surface area contributed by atoms with E-state index in [1.165, 1.54) is 6.26 Å². The molecule has 0 atom stereocenters. The molecule has 3 rings (SSSR count). The van der Waals surface area contributed by atoms with Gasteiger partial charge in [-0.15, -0.1) is 0 Å². The first kappa shape index (κ1) is 15.6. The van der Waals surface area contributed by atoms with Crippen LogP contribution in [0.25, 0.3) is 0 Å². The van der Waals surface area contributed by atoms with Crippen LogP contribution in [0.4, 0.5) is 5.82 Å². The van der Waals surface area contributed by atoms with Crippen molar-refractivity contribution >= 4 is 34.9 Å². The molecule has 1 N–H and O–H groups in total. The molecule has 7 heteroatoms. The highest BCUT2D eigenvalue weighted by molar-refractivity contribution is 6.42. The molecule has 0 unspecified atom stereocenters. The second-order valence-corrected chi connectivity index (χ2v) is 5.72. The fourth-order valence-electron chi connectivity index (χ4n) is 2.20. The summed E-state index contributed by atoms with van der Waals surface area (Å²) in [6.45, 7) is 2.13. The number of anilines is 1. The van der Waals surface area contributed by atoms with Crippen LogP contribution in [-0.4, -0.2) is 15.7 Å². The molecule has 2 heterocycles. The minimum absolute atomic E-state index is 0.254. The van der Waals surface area contributed by atoms with Crippen LogP contribution < -0.4 is 5.32 Å². The Bertz CT molecular complexity index is 855. The average molecular weight is 350 g/mol. The van der Waals surface area contributed by atoms with Gasteiger partial charge in [-0.25, -0.2) is 4.68 Å². The van der Waals surface area contributed by atoms with Gasteiger partial charge in [0, 0.05) is 6.07 Å². The highest BCUT2D eigenvalue weighted by Gasteiger charge is 2.14. The maximum absolute atomic E-state index is 12.3. The maximum Gasteiger partial charge on any atom is 0.260 e. The van der Waals surface area contributed by atoms with Crippen LogP contribution in [0.3, 0.4) is 0 Å². The second-order valence-electron chi connectivity index (χ2n) is 4.93. The molecule has 5 nitrogen and oxygen atoms in total. The van der Waals surface area contributed by atoms with Crippen molar-refractivity contribution in [1.82, 2.24) is 9.78 Å². The van der Waals surface area contributed by atoms with Crippen molar-refractivity contribution in [1.29, 1.82) is 0 Å². The van der Waals surface area contributed by atoms with E-state index in [1.807, 2.05) is 12.1 Å². The van der Waals surface area contributed by atoms with E-state index in [4.69, 9.17) is 27.6 Å². The Morgan fingerprint density at radius 1 is 1.30 bits per heavy atom. The molecule has 0 saturated heterocycles. The minimum atomic E-state index is -0.254. The zero-order chi connectivity index (χ0) is 16.4. The topological polar surface area (TPSA) is 60.1 Å². The Hall–Kier alpha value is -2.24. The predicted octanol–water partition coefficient (Wildman–Crippen LogP) is 4.39. The van der Waals surface area contributed by atoms with Crippen molar-refractivity contribution in [3.63, 3.8) is 0 Å². The molecule has 1 aromatic carbocycles. The Morgan fingerprint density at radius 3 is 2.87 bits per heavy atom. The monoisotopic (exact) mass is 349 g/mol. The van der Waals surface area contributed by atoms with Crippen molar-refractivity contribution in [2.45, 2.75) is 13.5 Å². The molecule has 0 bridgehead atoms. The summed E-state index contributed by atoms with van der Waals surface area (Å²) >= 11 is 12.2. The average Bonchev–Trinajstić information content (AvgIpc) is 3.13. The lowest BCUT2D eigenvalue weighted by molar-refractivity contribution is 0.102. The van der Waals surface area contributed by atoms with Gasteiger partial charge in [0.15, 0.2) is 0 Å².